The SMILES string of the molecule is COC1CC(Nc2cc(C(F)(F)F)cc(N)n2)C1. The van der Waals surface area contributed by atoms with Gasteiger partial charge >= 0.3 is 6.18 Å². The number of ether oxygens (including phenoxy) is 1. The zero-order valence-electron chi connectivity index (χ0n) is 9.79. The van der Waals surface area contributed by atoms with Crippen LogP contribution in [0.5, 0.6) is 0 Å². The molecule has 0 amide bonds. The maximum absolute atomic E-state index is 12.6. The van der Waals surface area contributed by atoms with E-state index in [1.165, 1.54) is 0 Å². The summed E-state index contributed by atoms with van der Waals surface area (Å²) in [5, 5.41) is 2.92. The highest BCUT2D eigenvalue weighted by molar-refractivity contribution is 5.48. The lowest BCUT2D eigenvalue weighted by molar-refractivity contribution is -0.137. The van der Waals surface area contributed by atoms with Gasteiger partial charge in [-0.2, -0.15) is 13.2 Å². The molecule has 3 N–H and O–H groups in total. The highest BCUT2D eigenvalue weighted by Crippen LogP contribution is 2.32. The van der Waals surface area contributed by atoms with E-state index in [1.807, 2.05) is 0 Å². The predicted molar refractivity (Wildman–Crippen MR) is 61.1 cm³/mol. The van der Waals surface area contributed by atoms with E-state index in [2.05, 4.69) is 10.3 Å². The van der Waals surface area contributed by atoms with Crippen LogP contribution in [0, 0.1) is 0 Å². The maximum Gasteiger partial charge on any atom is 0.416 e. The number of alkyl halides is 3. The van der Waals surface area contributed by atoms with Gasteiger partial charge in [-0.05, 0) is 25.0 Å². The zero-order valence-corrected chi connectivity index (χ0v) is 9.79. The molecule has 1 saturated carbocycles. The second-order valence-electron chi connectivity index (χ2n) is 4.33. The predicted octanol–water partition coefficient (Wildman–Crippen LogP) is 2.27. The number of pyridine rings is 1. The Bertz CT molecular complexity index is 430. The van der Waals surface area contributed by atoms with Crippen LogP contribution in [0.4, 0.5) is 24.8 Å². The molecule has 100 valence electrons. The molecule has 1 heterocycles. The van der Waals surface area contributed by atoms with Gasteiger partial charge in [0.05, 0.1) is 11.7 Å². The standard InChI is InChI=1S/C11H14F3N3O/c1-18-8-4-7(5-8)16-10-3-6(11(12,13)14)2-9(15)17-10/h2-3,7-8H,4-5H2,1H3,(H3,15,16,17). The van der Waals surface area contributed by atoms with Crippen LogP contribution >= 0.6 is 0 Å². The molecule has 0 saturated heterocycles. The fraction of sp³-hybridized carbons (Fsp3) is 0.545. The first-order valence-corrected chi connectivity index (χ1v) is 5.52. The second-order valence-corrected chi connectivity index (χ2v) is 4.33. The summed E-state index contributed by atoms with van der Waals surface area (Å²) in [6.07, 6.45) is -2.73. The van der Waals surface area contributed by atoms with Crippen molar-refractivity contribution < 1.29 is 17.9 Å². The molecule has 0 aliphatic heterocycles. The van der Waals surface area contributed by atoms with Crippen LogP contribution in [0.15, 0.2) is 12.1 Å². The lowest BCUT2D eigenvalue weighted by atomic mass is 9.89. The van der Waals surface area contributed by atoms with E-state index in [-0.39, 0.29) is 23.8 Å². The topological polar surface area (TPSA) is 60.2 Å². The van der Waals surface area contributed by atoms with Crippen molar-refractivity contribution in [2.24, 2.45) is 0 Å². The first-order valence-electron chi connectivity index (χ1n) is 5.52. The summed E-state index contributed by atoms with van der Waals surface area (Å²) in [7, 11) is 1.61. The van der Waals surface area contributed by atoms with Crippen LogP contribution in [0.1, 0.15) is 18.4 Å². The van der Waals surface area contributed by atoms with Gasteiger partial charge < -0.3 is 15.8 Å². The van der Waals surface area contributed by atoms with Gasteiger partial charge in [0.2, 0.25) is 0 Å². The number of nitrogen functional groups attached to an aromatic ring is 1. The van der Waals surface area contributed by atoms with Crippen molar-refractivity contribution in [1.82, 2.24) is 4.98 Å². The van der Waals surface area contributed by atoms with Crippen LogP contribution in [-0.2, 0) is 10.9 Å². The normalized spacial score (nSPS) is 23.6. The summed E-state index contributed by atoms with van der Waals surface area (Å²) in [5.41, 5.74) is 4.58. The molecule has 0 aromatic carbocycles. The van der Waals surface area contributed by atoms with Crippen molar-refractivity contribution in [2.75, 3.05) is 18.2 Å². The summed E-state index contributed by atoms with van der Waals surface area (Å²) >= 11 is 0. The average Bonchev–Trinajstić information content (AvgIpc) is 2.20. The lowest BCUT2D eigenvalue weighted by Gasteiger charge is -2.35. The Morgan fingerprint density at radius 3 is 2.61 bits per heavy atom. The zero-order chi connectivity index (χ0) is 13.3. The van der Waals surface area contributed by atoms with E-state index in [0.29, 0.717) is 0 Å². The van der Waals surface area contributed by atoms with Gasteiger partial charge in [-0.15, -0.1) is 0 Å². The van der Waals surface area contributed by atoms with E-state index in [0.717, 1.165) is 25.0 Å². The molecule has 1 aromatic rings. The number of hydrogen-bond donors (Lipinski definition) is 2. The summed E-state index contributed by atoms with van der Waals surface area (Å²) in [4.78, 5) is 3.85. The molecular weight excluding hydrogens is 247 g/mol. The quantitative estimate of drug-likeness (QED) is 0.876. The number of aromatic nitrogens is 1. The van der Waals surface area contributed by atoms with Crippen LogP contribution in [0.2, 0.25) is 0 Å². The minimum atomic E-state index is -4.41. The molecule has 1 fully saturated rings. The summed E-state index contributed by atoms with van der Waals surface area (Å²) in [6, 6.07) is 1.88. The molecule has 1 aromatic heterocycles. The molecule has 0 unspecified atom stereocenters. The van der Waals surface area contributed by atoms with E-state index >= 15 is 0 Å². The Kier molecular flexibility index (Phi) is 3.34. The van der Waals surface area contributed by atoms with Crippen molar-refractivity contribution >= 4 is 11.6 Å². The van der Waals surface area contributed by atoms with Crippen LogP contribution in [-0.4, -0.2) is 24.2 Å². The van der Waals surface area contributed by atoms with E-state index in [9.17, 15) is 13.2 Å². The van der Waals surface area contributed by atoms with E-state index < -0.39 is 11.7 Å². The number of nitrogens with two attached hydrogens (primary N) is 1. The van der Waals surface area contributed by atoms with Gasteiger partial charge in [-0.25, -0.2) is 4.98 Å². The summed E-state index contributed by atoms with van der Waals surface area (Å²) in [5.74, 6) is 0.0109. The third-order valence-electron chi connectivity index (χ3n) is 2.95. The number of methoxy groups -OCH3 is 1. The third kappa shape index (κ3) is 2.84. The van der Waals surface area contributed by atoms with Crippen molar-refractivity contribution in [1.29, 1.82) is 0 Å². The minimum Gasteiger partial charge on any atom is -0.384 e. The van der Waals surface area contributed by atoms with Crippen molar-refractivity contribution in [3.8, 4) is 0 Å². The van der Waals surface area contributed by atoms with Gasteiger partial charge in [-0.3, -0.25) is 0 Å². The second kappa shape index (κ2) is 4.64. The Labute approximate surface area is 102 Å². The van der Waals surface area contributed by atoms with Gasteiger partial charge in [0.1, 0.15) is 11.6 Å². The van der Waals surface area contributed by atoms with Crippen LogP contribution in [0.25, 0.3) is 0 Å². The first-order chi connectivity index (χ1) is 8.38. The van der Waals surface area contributed by atoms with Gasteiger partial charge in [-0.1, -0.05) is 0 Å². The van der Waals surface area contributed by atoms with Crippen molar-refractivity contribution in [2.45, 2.75) is 31.2 Å². The highest BCUT2D eigenvalue weighted by Gasteiger charge is 2.33. The molecule has 0 atom stereocenters. The Hall–Kier alpha value is -1.50. The molecular formula is C11H14F3N3O. The maximum atomic E-state index is 12.6. The fourth-order valence-corrected chi connectivity index (χ4v) is 1.87. The monoisotopic (exact) mass is 261 g/mol. The smallest absolute Gasteiger partial charge is 0.384 e. The minimum absolute atomic E-state index is 0.0883. The van der Waals surface area contributed by atoms with Gasteiger partial charge in [0.25, 0.3) is 0 Å². The number of hydrogen-bond acceptors (Lipinski definition) is 4. The molecule has 0 bridgehead atoms. The fourth-order valence-electron chi connectivity index (χ4n) is 1.87. The molecule has 7 heteroatoms. The number of rotatable bonds is 3. The number of anilines is 2. The largest absolute Gasteiger partial charge is 0.416 e. The Balaban J connectivity index is 2.07. The molecule has 1 aliphatic carbocycles. The number of nitrogens with zero attached hydrogens (tertiary/aromatic N) is 1. The van der Waals surface area contributed by atoms with Crippen molar-refractivity contribution in [3.05, 3.63) is 17.7 Å². The molecule has 18 heavy (non-hydrogen) atoms. The van der Waals surface area contributed by atoms with Crippen LogP contribution in [0.3, 0.4) is 0 Å². The Morgan fingerprint density at radius 1 is 1.39 bits per heavy atom. The summed E-state index contributed by atoms with van der Waals surface area (Å²) < 4.78 is 42.8. The number of nitrogens with one attached hydrogen (secondary N) is 1. The van der Waals surface area contributed by atoms with Gasteiger partial charge in [0.15, 0.2) is 0 Å². The first kappa shape index (κ1) is 12.9. The highest BCUT2D eigenvalue weighted by atomic mass is 19.4. The molecule has 4 nitrogen and oxygen atoms in total. The molecule has 1 aliphatic rings. The molecule has 0 radical (unpaired) electrons. The van der Waals surface area contributed by atoms with E-state index in [4.69, 9.17) is 10.5 Å². The average molecular weight is 261 g/mol. The molecule has 0 spiro atoms. The third-order valence-corrected chi connectivity index (χ3v) is 2.95. The number of halogens is 3. The Morgan fingerprint density at radius 2 is 2.06 bits per heavy atom. The van der Waals surface area contributed by atoms with Gasteiger partial charge in [0, 0.05) is 13.2 Å². The lowest BCUT2D eigenvalue weighted by Crippen LogP contribution is -2.40. The van der Waals surface area contributed by atoms with E-state index in [1.54, 1.807) is 7.11 Å². The summed E-state index contributed by atoms with van der Waals surface area (Å²) in [6.45, 7) is 0. The molecule has 2 rings (SSSR count). The van der Waals surface area contributed by atoms with Crippen molar-refractivity contribution in [3.63, 3.8) is 0 Å². The van der Waals surface area contributed by atoms with Crippen LogP contribution < -0.4 is 11.1 Å².